The maximum atomic E-state index is 9.73. The summed E-state index contributed by atoms with van der Waals surface area (Å²) in [5.41, 5.74) is 9.62. The zero-order valence-electron chi connectivity index (χ0n) is 16.4. The fourth-order valence-electron chi connectivity index (χ4n) is 3.51. The Morgan fingerprint density at radius 2 is 2.03 bits per heavy atom. The van der Waals surface area contributed by atoms with E-state index >= 15 is 0 Å². The highest BCUT2D eigenvalue weighted by Crippen LogP contribution is 2.43. The number of nitriles is 1. The number of methoxy groups -OCH3 is 1. The second kappa shape index (κ2) is 8.01. The molecular weight excluding hydrogens is 404 g/mol. The van der Waals surface area contributed by atoms with Crippen molar-refractivity contribution in [3.8, 4) is 23.4 Å². The molecule has 3 N–H and O–H groups in total. The van der Waals surface area contributed by atoms with E-state index in [1.54, 1.807) is 31.4 Å². The van der Waals surface area contributed by atoms with Crippen molar-refractivity contribution < 1.29 is 14.2 Å². The number of aromatic amines is 1. The summed E-state index contributed by atoms with van der Waals surface area (Å²) in [6.45, 7) is 2.16. The van der Waals surface area contributed by atoms with Crippen LogP contribution in [0.25, 0.3) is 0 Å². The minimum atomic E-state index is -0.405. The van der Waals surface area contributed by atoms with Gasteiger partial charge in [0.05, 0.1) is 13.0 Å². The molecule has 0 spiro atoms. The molecule has 1 aromatic heterocycles. The summed E-state index contributed by atoms with van der Waals surface area (Å²) in [4.78, 5) is 0. The van der Waals surface area contributed by atoms with E-state index in [0.717, 1.165) is 22.4 Å². The first-order valence-electron chi connectivity index (χ1n) is 9.19. The summed E-state index contributed by atoms with van der Waals surface area (Å²) in [7, 11) is 1.60. The van der Waals surface area contributed by atoms with Gasteiger partial charge in [0.25, 0.3) is 0 Å². The Bertz CT molecular complexity index is 1160. The molecule has 0 aliphatic carbocycles. The van der Waals surface area contributed by atoms with E-state index in [9.17, 15) is 5.26 Å². The minimum absolute atomic E-state index is 0.0521. The third-order valence-electron chi connectivity index (χ3n) is 4.98. The fraction of sp³-hybridized carbons (Fsp3) is 0.182. The average Bonchev–Trinajstić information content (AvgIpc) is 3.12. The van der Waals surface area contributed by atoms with Crippen LogP contribution in [0.15, 0.2) is 53.9 Å². The number of H-pyrrole nitrogens is 1. The van der Waals surface area contributed by atoms with Crippen molar-refractivity contribution in [1.29, 1.82) is 5.26 Å². The number of aryl methyl sites for hydroxylation is 1. The maximum Gasteiger partial charge on any atom is 0.244 e. The van der Waals surface area contributed by atoms with Gasteiger partial charge < -0.3 is 19.9 Å². The van der Waals surface area contributed by atoms with E-state index in [1.165, 1.54) is 0 Å². The Morgan fingerprint density at radius 3 is 2.73 bits per heavy atom. The minimum Gasteiger partial charge on any atom is -0.496 e. The molecule has 0 bridgehead atoms. The summed E-state index contributed by atoms with van der Waals surface area (Å²) in [6, 6.07) is 15.0. The Morgan fingerprint density at radius 1 is 1.27 bits per heavy atom. The molecule has 0 saturated carbocycles. The first-order valence-corrected chi connectivity index (χ1v) is 9.57. The molecule has 2 heterocycles. The van der Waals surface area contributed by atoms with Crippen molar-refractivity contribution >= 4 is 11.6 Å². The summed E-state index contributed by atoms with van der Waals surface area (Å²) in [6.07, 6.45) is 0. The number of benzene rings is 2. The Labute approximate surface area is 178 Å². The lowest BCUT2D eigenvalue weighted by Gasteiger charge is -2.24. The Kier molecular flexibility index (Phi) is 5.25. The van der Waals surface area contributed by atoms with Crippen LogP contribution in [0.5, 0.6) is 17.4 Å². The second-order valence-corrected chi connectivity index (χ2v) is 7.24. The van der Waals surface area contributed by atoms with E-state index in [1.807, 2.05) is 25.1 Å². The van der Waals surface area contributed by atoms with Gasteiger partial charge in [0.15, 0.2) is 0 Å². The predicted octanol–water partition coefficient (Wildman–Crippen LogP) is 4.18. The van der Waals surface area contributed by atoms with Crippen molar-refractivity contribution in [2.75, 3.05) is 7.11 Å². The van der Waals surface area contributed by atoms with Gasteiger partial charge in [-0.05, 0) is 48.9 Å². The average molecular weight is 423 g/mol. The van der Waals surface area contributed by atoms with Gasteiger partial charge in [-0.3, -0.25) is 5.10 Å². The fourth-order valence-corrected chi connectivity index (χ4v) is 3.64. The highest BCUT2D eigenvalue weighted by Gasteiger charge is 2.34. The number of aromatic nitrogens is 2. The van der Waals surface area contributed by atoms with Gasteiger partial charge in [-0.1, -0.05) is 17.7 Å². The number of nitrogens with one attached hydrogen (secondary N) is 1. The van der Waals surface area contributed by atoms with E-state index in [0.29, 0.717) is 28.0 Å². The number of ether oxygens (including phenoxy) is 3. The van der Waals surface area contributed by atoms with Crippen molar-refractivity contribution in [2.45, 2.75) is 19.4 Å². The summed E-state index contributed by atoms with van der Waals surface area (Å²) in [5.74, 6) is 1.39. The van der Waals surface area contributed by atoms with Gasteiger partial charge in [-0.25, -0.2) is 0 Å². The predicted molar refractivity (Wildman–Crippen MR) is 111 cm³/mol. The Hall–Kier alpha value is -3.63. The number of fused-ring (bicyclic) bond motifs is 1. The van der Waals surface area contributed by atoms with Gasteiger partial charge in [0, 0.05) is 21.8 Å². The quantitative estimate of drug-likeness (QED) is 0.638. The zero-order chi connectivity index (χ0) is 21.3. The number of halogens is 1. The standard InChI is InChI=1S/C22H19ClN4O3/c1-12-19-20(17(10-24)21(25)30-22(19)27-26-12)13-3-8-18(28-2)14(9-13)11-29-16-6-4-15(23)5-7-16/h3-9,20H,11,25H2,1-2H3,(H,26,27)/t20-/m1/s1. The largest absolute Gasteiger partial charge is 0.496 e. The molecule has 0 amide bonds. The first-order chi connectivity index (χ1) is 14.5. The van der Waals surface area contributed by atoms with Crippen LogP contribution in [0.2, 0.25) is 5.02 Å². The van der Waals surface area contributed by atoms with Crippen LogP contribution in [-0.2, 0) is 6.61 Å². The SMILES string of the molecule is COc1ccc([C@@H]2C(C#N)=C(N)Oc3n[nH]c(C)c32)cc1COc1ccc(Cl)cc1. The number of hydrogen-bond donors (Lipinski definition) is 2. The van der Waals surface area contributed by atoms with E-state index in [4.69, 9.17) is 31.5 Å². The normalized spacial score (nSPS) is 15.2. The van der Waals surface area contributed by atoms with Crippen LogP contribution in [0.3, 0.4) is 0 Å². The van der Waals surface area contributed by atoms with Gasteiger partial charge >= 0.3 is 0 Å². The highest BCUT2D eigenvalue weighted by molar-refractivity contribution is 6.30. The van der Waals surface area contributed by atoms with Crippen LogP contribution in [0, 0.1) is 18.3 Å². The van der Waals surface area contributed by atoms with Crippen molar-refractivity contribution in [2.24, 2.45) is 5.73 Å². The van der Waals surface area contributed by atoms with Gasteiger partial charge in [0.2, 0.25) is 11.8 Å². The van der Waals surface area contributed by atoms with Crippen LogP contribution in [-0.4, -0.2) is 17.3 Å². The van der Waals surface area contributed by atoms with Crippen LogP contribution >= 0.6 is 11.6 Å². The first kappa shape index (κ1) is 19.7. The molecule has 152 valence electrons. The third kappa shape index (κ3) is 3.53. The monoisotopic (exact) mass is 422 g/mol. The van der Waals surface area contributed by atoms with Crippen LogP contribution < -0.4 is 19.9 Å². The van der Waals surface area contributed by atoms with Crippen molar-refractivity contribution in [1.82, 2.24) is 10.2 Å². The lowest BCUT2D eigenvalue weighted by molar-refractivity contribution is 0.296. The number of allylic oxidation sites excluding steroid dienone is 1. The molecule has 8 heteroatoms. The van der Waals surface area contributed by atoms with Crippen molar-refractivity contribution in [3.05, 3.63) is 81.3 Å². The molecule has 2 aromatic carbocycles. The molecule has 0 saturated heterocycles. The van der Waals surface area contributed by atoms with Gasteiger partial charge in [0.1, 0.15) is 29.7 Å². The smallest absolute Gasteiger partial charge is 0.244 e. The second-order valence-electron chi connectivity index (χ2n) is 6.81. The van der Waals surface area contributed by atoms with E-state index in [-0.39, 0.29) is 12.5 Å². The molecule has 30 heavy (non-hydrogen) atoms. The van der Waals surface area contributed by atoms with Crippen LogP contribution in [0.4, 0.5) is 0 Å². The topological polar surface area (TPSA) is 106 Å². The number of nitrogens with zero attached hydrogens (tertiary/aromatic N) is 2. The maximum absolute atomic E-state index is 9.73. The lowest BCUT2D eigenvalue weighted by Crippen LogP contribution is -2.21. The summed E-state index contributed by atoms with van der Waals surface area (Å²) < 4.78 is 16.9. The number of rotatable bonds is 5. The Balaban J connectivity index is 1.72. The molecule has 4 rings (SSSR count). The number of nitrogens with two attached hydrogens (primary N) is 1. The summed E-state index contributed by atoms with van der Waals surface area (Å²) >= 11 is 5.93. The molecule has 0 unspecified atom stereocenters. The molecule has 1 aliphatic rings. The lowest BCUT2D eigenvalue weighted by atomic mass is 9.83. The molecule has 1 aliphatic heterocycles. The van der Waals surface area contributed by atoms with Gasteiger partial charge in [-0.2, -0.15) is 5.26 Å². The molecule has 7 nitrogen and oxygen atoms in total. The molecule has 3 aromatic rings. The van der Waals surface area contributed by atoms with Crippen LogP contribution in [0.1, 0.15) is 28.3 Å². The van der Waals surface area contributed by atoms with E-state index < -0.39 is 5.92 Å². The van der Waals surface area contributed by atoms with Crippen molar-refractivity contribution in [3.63, 3.8) is 0 Å². The number of hydrogen-bond acceptors (Lipinski definition) is 6. The van der Waals surface area contributed by atoms with E-state index in [2.05, 4.69) is 16.3 Å². The zero-order valence-corrected chi connectivity index (χ0v) is 17.2. The highest BCUT2D eigenvalue weighted by atomic mass is 35.5. The molecular formula is C22H19ClN4O3. The van der Waals surface area contributed by atoms with Gasteiger partial charge in [-0.15, -0.1) is 5.10 Å². The molecule has 0 fully saturated rings. The third-order valence-corrected chi connectivity index (χ3v) is 5.23. The molecule has 1 atom stereocenters. The summed E-state index contributed by atoms with van der Waals surface area (Å²) in [5, 5.41) is 17.4. The molecule has 0 radical (unpaired) electrons.